The van der Waals surface area contributed by atoms with Gasteiger partial charge in [0.1, 0.15) is 11.6 Å². The monoisotopic (exact) mass is 556 g/mol. The molecule has 6 N–H and O–H groups in total. The number of nitrogen functional groups attached to an aromatic ring is 1. The van der Waals surface area contributed by atoms with Crippen molar-refractivity contribution in [2.45, 2.75) is 20.0 Å². The first-order chi connectivity index (χ1) is 18.5. The fourth-order valence-corrected chi connectivity index (χ4v) is 3.22. The summed E-state index contributed by atoms with van der Waals surface area (Å²) in [5.41, 5.74) is 6.96. The molecule has 0 spiro atoms. The number of carboxylic acid groups (broad SMARTS) is 1. The van der Waals surface area contributed by atoms with Crippen LogP contribution in [0.5, 0.6) is 5.75 Å². The van der Waals surface area contributed by atoms with Crippen LogP contribution in [0.1, 0.15) is 34.0 Å². The van der Waals surface area contributed by atoms with Gasteiger partial charge in [0, 0.05) is 66.3 Å². The molecule has 2 aromatic carbocycles. The van der Waals surface area contributed by atoms with E-state index in [9.17, 15) is 19.7 Å². The highest BCUT2D eigenvalue weighted by atomic mass is 35.5. The summed E-state index contributed by atoms with van der Waals surface area (Å²) < 4.78 is 5.64. The number of nitrogens with two attached hydrogens (primary N) is 1. The van der Waals surface area contributed by atoms with Crippen molar-refractivity contribution in [1.29, 1.82) is 5.41 Å². The van der Waals surface area contributed by atoms with E-state index in [-0.39, 0.29) is 53.5 Å². The minimum absolute atomic E-state index is 0.0156. The van der Waals surface area contributed by atoms with E-state index < -0.39 is 16.8 Å². The van der Waals surface area contributed by atoms with Crippen LogP contribution in [-0.4, -0.2) is 45.2 Å². The van der Waals surface area contributed by atoms with E-state index in [1.807, 2.05) is 6.07 Å². The smallest absolute Gasteiger partial charge is 0.300 e. The summed E-state index contributed by atoms with van der Waals surface area (Å²) in [5.74, 6) is -1.76. The maximum absolute atomic E-state index is 12.6. The number of nitro groups is 1. The van der Waals surface area contributed by atoms with E-state index in [0.717, 1.165) is 24.6 Å². The predicted octanol–water partition coefficient (Wildman–Crippen LogP) is 2.64. The van der Waals surface area contributed by atoms with Crippen molar-refractivity contribution in [3.05, 3.63) is 98.3 Å². The van der Waals surface area contributed by atoms with Crippen LogP contribution in [0.3, 0.4) is 0 Å². The molecule has 0 saturated carbocycles. The van der Waals surface area contributed by atoms with Crippen LogP contribution in [0.2, 0.25) is 5.02 Å². The minimum atomic E-state index is -0.833. The lowest BCUT2D eigenvalue weighted by Gasteiger charge is -2.14. The van der Waals surface area contributed by atoms with Crippen molar-refractivity contribution in [2.24, 2.45) is 5.73 Å². The number of nitrogens with zero attached hydrogens (tertiary/aromatic N) is 2. The molecule has 2 amide bonds. The van der Waals surface area contributed by atoms with Crippen LogP contribution in [-0.2, 0) is 22.7 Å². The maximum Gasteiger partial charge on any atom is 0.300 e. The Morgan fingerprint density at radius 3 is 2.46 bits per heavy atom. The minimum Gasteiger partial charge on any atom is -0.483 e. The summed E-state index contributed by atoms with van der Waals surface area (Å²) in [7, 11) is 0. The molecule has 3 rings (SSSR count). The summed E-state index contributed by atoms with van der Waals surface area (Å²) in [4.78, 5) is 48.2. The summed E-state index contributed by atoms with van der Waals surface area (Å²) in [6, 6.07) is 11.8. The Morgan fingerprint density at radius 2 is 1.85 bits per heavy atom. The number of nitrogens with one attached hydrogen (secondary N) is 3. The van der Waals surface area contributed by atoms with E-state index in [2.05, 4.69) is 15.6 Å². The van der Waals surface area contributed by atoms with Gasteiger partial charge in [0.05, 0.1) is 4.92 Å². The second-order valence-electron chi connectivity index (χ2n) is 7.82. The van der Waals surface area contributed by atoms with Gasteiger partial charge in [0.15, 0.2) is 6.61 Å². The molecule has 13 nitrogen and oxygen atoms in total. The lowest BCUT2D eigenvalue weighted by atomic mass is 10.1. The molecule has 0 aliphatic rings. The van der Waals surface area contributed by atoms with Crippen molar-refractivity contribution >= 4 is 40.9 Å². The van der Waals surface area contributed by atoms with Gasteiger partial charge in [-0.15, -0.1) is 0 Å². The number of rotatable bonds is 10. The third-order valence-corrected chi connectivity index (χ3v) is 4.96. The first-order valence-corrected chi connectivity index (χ1v) is 11.5. The van der Waals surface area contributed by atoms with Crippen LogP contribution in [0.25, 0.3) is 0 Å². The first-order valence-electron chi connectivity index (χ1n) is 11.1. The number of aliphatic carboxylic acids is 1. The van der Waals surface area contributed by atoms with Crippen LogP contribution < -0.4 is 21.1 Å². The van der Waals surface area contributed by atoms with Crippen molar-refractivity contribution in [3.8, 4) is 5.75 Å². The highest BCUT2D eigenvalue weighted by Gasteiger charge is 2.15. The molecule has 0 aliphatic heterocycles. The predicted molar refractivity (Wildman–Crippen MR) is 142 cm³/mol. The number of carbonyl (C=O) groups excluding carboxylic acids is 2. The number of carbonyl (C=O) groups is 3. The lowest BCUT2D eigenvalue weighted by Crippen LogP contribution is -2.29. The fraction of sp³-hybridized carbons (Fsp3) is 0.160. The van der Waals surface area contributed by atoms with Crippen LogP contribution in [0.15, 0.2) is 60.9 Å². The van der Waals surface area contributed by atoms with Crippen molar-refractivity contribution in [2.75, 3.05) is 6.61 Å². The standard InChI is InChI=1S/C23H21ClN6O5.C2H4O2/c24-18-6-17(7-19(9-18)30(33)34)23(32)29-12-16-4-3-15(22(25)26)8-20(16)35-13-21(31)28-11-14-2-1-5-27-10-14;1-2(3)4/h1-10H,11-13H2,(H3,25,26)(H,28,31)(H,29,32);1H3,(H,3,4). The summed E-state index contributed by atoms with van der Waals surface area (Å²) >= 11 is 5.89. The Hall–Kier alpha value is -5.04. The Morgan fingerprint density at radius 1 is 1.13 bits per heavy atom. The number of pyridine rings is 1. The Labute approximate surface area is 227 Å². The number of hydrogen-bond acceptors (Lipinski definition) is 8. The SMILES string of the molecule is CC(=O)O.N=C(N)c1ccc(CNC(=O)c2cc(Cl)cc([N+](=O)[O-])c2)c(OCC(=O)NCc2cccnc2)c1. The third kappa shape index (κ3) is 10.5. The van der Waals surface area contributed by atoms with E-state index in [1.54, 1.807) is 30.6 Å². The van der Waals surface area contributed by atoms with E-state index >= 15 is 0 Å². The summed E-state index contributed by atoms with van der Waals surface area (Å²) in [6.07, 6.45) is 3.26. The topological polar surface area (TPSA) is 211 Å². The average Bonchev–Trinajstić information content (AvgIpc) is 2.89. The molecule has 0 saturated heterocycles. The Balaban J connectivity index is 0.00000124. The molecule has 0 unspecified atom stereocenters. The highest BCUT2D eigenvalue weighted by molar-refractivity contribution is 6.31. The number of amidine groups is 1. The molecule has 0 radical (unpaired) electrons. The zero-order valence-corrected chi connectivity index (χ0v) is 21.4. The third-order valence-electron chi connectivity index (χ3n) is 4.74. The number of hydrogen-bond donors (Lipinski definition) is 5. The molecule has 1 heterocycles. The van der Waals surface area contributed by atoms with Gasteiger partial charge in [-0.1, -0.05) is 29.8 Å². The molecule has 204 valence electrons. The Kier molecular flexibility index (Phi) is 11.3. The number of amides is 2. The molecule has 1 aromatic heterocycles. The Bertz CT molecular complexity index is 1360. The zero-order valence-electron chi connectivity index (χ0n) is 20.6. The number of ether oxygens (including phenoxy) is 1. The molecular weight excluding hydrogens is 532 g/mol. The first kappa shape index (κ1) is 30.2. The van der Waals surface area contributed by atoms with Gasteiger partial charge in [0.25, 0.3) is 23.5 Å². The second kappa shape index (κ2) is 14.6. The number of carboxylic acids is 1. The maximum atomic E-state index is 12.6. The molecule has 39 heavy (non-hydrogen) atoms. The van der Waals surface area contributed by atoms with Crippen LogP contribution in [0.4, 0.5) is 5.69 Å². The fourth-order valence-electron chi connectivity index (χ4n) is 2.99. The van der Waals surface area contributed by atoms with Gasteiger partial charge in [-0.3, -0.25) is 34.9 Å². The normalized spacial score (nSPS) is 9.90. The lowest BCUT2D eigenvalue weighted by molar-refractivity contribution is -0.384. The largest absolute Gasteiger partial charge is 0.483 e. The number of nitro benzene ring substituents is 1. The molecule has 3 aromatic rings. The molecular formula is C25H25ClN6O7. The number of benzene rings is 2. The van der Waals surface area contributed by atoms with Gasteiger partial charge in [-0.2, -0.15) is 0 Å². The second-order valence-corrected chi connectivity index (χ2v) is 8.26. The van der Waals surface area contributed by atoms with E-state index in [1.165, 1.54) is 12.1 Å². The van der Waals surface area contributed by atoms with Crippen LogP contribution in [0, 0.1) is 15.5 Å². The van der Waals surface area contributed by atoms with E-state index in [4.69, 9.17) is 37.4 Å². The molecule has 0 aliphatic carbocycles. The van der Waals surface area contributed by atoms with Crippen molar-refractivity contribution < 1.29 is 29.2 Å². The number of non-ortho nitro benzene ring substituents is 1. The van der Waals surface area contributed by atoms with Gasteiger partial charge in [-0.05, 0) is 23.8 Å². The summed E-state index contributed by atoms with van der Waals surface area (Å²) in [5, 5.41) is 31.5. The number of aromatic nitrogens is 1. The molecule has 14 heteroatoms. The van der Waals surface area contributed by atoms with Crippen LogP contribution >= 0.6 is 11.6 Å². The zero-order chi connectivity index (χ0) is 28.9. The van der Waals surface area contributed by atoms with Crippen molar-refractivity contribution in [3.63, 3.8) is 0 Å². The van der Waals surface area contributed by atoms with Gasteiger partial charge in [-0.25, -0.2) is 0 Å². The van der Waals surface area contributed by atoms with Crippen molar-refractivity contribution in [1.82, 2.24) is 15.6 Å². The molecule has 0 atom stereocenters. The van der Waals surface area contributed by atoms with Gasteiger partial charge < -0.3 is 26.2 Å². The van der Waals surface area contributed by atoms with Gasteiger partial charge in [0.2, 0.25) is 0 Å². The van der Waals surface area contributed by atoms with Gasteiger partial charge >= 0.3 is 0 Å². The highest BCUT2D eigenvalue weighted by Crippen LogP contribution is 2.23. The number of halogens is 1. The summed E-state index contributed by atoms with van der Waals surface area (Å²) in [6.45, 7) is 1.02. The average molecular weight is 557 g/mol. The molecule has 0 fully saturated rings. The quantitative estimate of drug-likeness (QED) is 0.107. The van der Waals surface area contributed by atoms with E-state index in [0.29, 0.717) is 11.1 Å². The molecule has 0 bridgehead atoms.